The minimum Gasteiger partial charge on any atom is -0.316 e. The van der Waals surface area contributed by atoms with E-state index in [1.165, 1.54) is 231 Å². The fourth-order valence-corrected chi connectivity index (χ4v) is 20.0. The van der Waals surface area contributed by atoms with Gasteiger partial charge in [0.25, 0.3) is 0 Å². The van der Waals surface area contributed by atoms with E-state index in [9.17, 15) is 0 Å². The summed E-state index contributed by atoms with van der Waals surface area (Å²) in [5, 5.41) is 0. The highest BCUT2D eigenvalue weighted by Gasteiger charge is 2.54. The standard InChI is InChI=1S/C59H101NSi/c1-8-10-12-14-16-18-20-22-24-26-28-33-42-59(43-34-29-27-25-23-21-19-17-15-13-11-9-2)55-46-49-37-35-36-48(49)44-53(55)54-45-50-40-41-57(52(50)47-56(54)59)61(6,7)60(58(3,4)5)51-38-31-30-32-39-51/h44-47,50-52,57H,8-43H2,1-7H3. The van der Waals surface area contributed by atoms with Gasteiger partial charge in [-0.25, -0.2) is 0 Å². The van der Waals surface area contributed by atoms with Crippen LogP contribution in [0, 0.1) is 11.8 Å². The fraction of sp³-hybridized carbons (Fsp3) is 0.831. The van der Waals surface area contributed by atoms with E-state index in [1.807, 2.05) is 5.57 Å². The number of unbranched alkanes of at least 4 members (excludes halogenated alkanes) is 22. The first-order valence-electron chi connectivity index (χ1n) is 28.0. The normalized spacial score (nSPS) is 22.3. The maximum Gasteiger partial charge on any atom is 0.126 e. The van der Waals surface area contributed by atoms with Crippen molar-refractivity contribution in [2.75, 3.05) is 0 Å². The van der Waals surface area contributed by atoms with E-state index in [1.54, 1.807) is 27.8 Å². The van der Waals surface area contributed by atoms with Crippen molar-refractivity contribution in [2.45, 2.75) is 301 Å². The lowest BCUT2D eigenvalue weighted by molar-refractivity contribution is 0.140. The molecule has 0 N–H and O–H groups in total. The summed E-state index contributed by atoms with van der Waals surface area (Å²) in [5.74, 6) is 1.47. The van der Waals surface area contributed by atoms with Gasteiger partial charge in [-0.3, -0.25) is 0 Å². The van der Waals surface area contributed by atoms with Crippen LogP contribution in [0.25, 0.3) is 5.57 Å². The Labute approximate surface area is 382 Å². The molecule has 2 heteroatoms. The highest BCUT2D eigenvalue weighted by molar-refractivity contribution is 6.76. The molecule has 0 spiro atoms. The minimum atomic E-state index is -1.77. The van der Waals surface area contributed by atoms with Gasteiger partial charge in [-0.05, 0) is 123 Å². The Morgan fingerprint density at radius 1 is 0.557 bits per heavy atom. The van der Waals surface area contributed by atoms with Crippen LogP contribution in [0.15, 0.2) is 29.9 Å². The van der Waals surface area contributed by atoms with Crippen molar-refractivity contribution in [3.63, 3.8) is 0 Å². The number of benzene rings is 1. The first-order chi connectivity index (χ1) is 29.6. The zero-order valence-corrected chi connectivity index (χ0v) is 43.0. The van der Waals surface area contributed by atoms with E-state index in [-0.39, 0.29) is 11.0 Å². The smallest absolute Gasteiger partial charge is 0.126 e. The second-order valence-electron chi connectivity index (χ2n) is 23.5. The maximum absolute atomic E-state index is 3.21. The first-order valence-corrected chi connectivity index (χ1v) is 31.0. The monoisotopic (exact) mass is 852 g/mol. The molecule has 3 unspecified atom stereocenters. The van der Waals surface area contributed by atoms with Crippen LogP contribution in [0.3, 0.4) is 0 Å². The van der Waals surface area contributed by atoms with Crippen LogP contribution in [0.1, 0.15) is 275 Å². The second-order valence-corrected chi connectivity index (χ2v) is 28.0. The van der Waals surface area contributed by atoms with Gasteiger partial charge in [-0.15, -0.1) is 0 Å². The SMILES string of the molecule is CCCCCCCCCCCCCCC1(CCCCCCCCCCCCCC)C2=CC3C(C=C2c2cc4c(cc21)CCC4)CCC3[Si](C)(C)N(C1CCCCC1)C(C)(C)C. The molecule has 2 saturated carbocycles. The van der Waals surface area contributed by atoms with Gasteiger partial charge in [-0.1, -0.05) is 231 Å². The molecule has 3 atom stereocenters. The van der Waals surface area contributed by atoms with Crippen LogP contribution in [-0.4, -0.2) is 24.4 Å². The Morgan fingerprint density at radius 3 is 1.52 bits per heavy atom. The summed E-state index contributed by atoms with van der Waals surface area (Å²) in [7, 11) is -1.77. The van der Waals surface area contributed by atoms with Gasteiger partial charge in [0.2, 0.25) is 0 Å². The highest BCUT2D eigenvalue weighted by Crippen LogP contribution is 2.62. The third kappa shape index (κ3) is 12.8. The molecule has 0 heterocycles. The van der Waals surface area contributed by atoms with Gasteiger partial charge in [0.1, 0.15) is 8.24 Å². The molecular weight excluding hydrogens is 751 g/mol. The molecule has 0 bridgehead atoms. The summed E-state index contributed by atoms with van der Waals surface area (Å²) in [5.41, 5.74) is 11.8. The van der Waals surface area contributed by atoms with E-state index < -0.39 is 8.24 Å². The van der Waals surface area contributed by atoms with Crippen molar-refractivity contribution in [3.8, 4) is 0 Å². The Kier molecular flexibility index (Phi) is 19.7. The quantitative estimate of drug-likeness (QED) is 0.0573. The van der Waals surface area contributed by atoms with Crippen LogP contribution in [-0.2, 0) is 18.3 Å². The van der Waals surface area contributed by atoms with Crippen LogP contribution in [0.2, 0.25) is 18.6 Å². The number of hydrogen-bond acceptors (Lipinski definition) is 1. The average Bonchev–Trinajstić information content (AvgIpc) is 3.95. The summed E-state index contributed by atoms with van der Waals surface area (Å²) in [6.45, 7) is 18.0. The van der Waals surface area contributed by atoms with E-state index in [4.69, 9.17) is 0 Å². The molecule has 0 radical (unpaired) electrons. The topological polar surface area (TPSA) is 3.24 Å². The fourth-order valence-electron chi connectivity index (χ4n) is 14.5. The number of nitrogens with zero attached hydrogens (tertiary/aromatic N) is 1. The molecule has 1 nitrogen and oxygen atoms in total. The van der Waals surface area contributed by atoms with Crippen molar-refractivity contribution in [2.24, 2.45) is 11.8 Å². The summed E-state index contributed by atoms with van der Waals surface area (Å²) >= 11 is 0. The predicted molar refractivity (Wildman–Crippen MR) is 274 cm³/mol. The second kappa shape index (κ2) is 24.4. The largest absolute Gasteiger partial charge is 0.316 e. The van der Waals surface area contributed by atoms with Crippen molar-refractivity contribution in [1.29, 1.82) is 0 Å². The van der Waals surface area contributed by atoms with Crippen LogP contribution in [0.4, 0.5) is 0 Å². The van der Waals surface area contributed by atoms with E-state index >= 15 is 0 Å². The molecule has 6 rings (SSSR count). The molecule has 61 heavy (non-hydrogen) atoms. The zero-order chi connectivity index (χ0) is 43.1. The van der Waals surface area contributed by atoms with Gasteiger partial charge in [0.05, 0.1) is 0 Å². The molecule has 5 aliphatic carbocycles. The number of fused-ring (bicyclic) bond motifs is 5. The van der Waals surface area contributed by atoms with Gasteiger partial charge < -0.3 is 4.57 Å². The molecule has 5 aliphatic rings. The molecule has 0 saturated heterocycles. The summed E-state index contributed by atoms with van der Waals surface area (Å²) in [4.78, 5) is 0. The number of allylic oxidation sites excluding steroid dienone is 4. The highest BCUT2D eigenvalue weighted by atomic mass is 28.3. The number of hydrogen-bond donors (Lipinski definition) is 0. The van der Waals surface area contributed by atoms with Gasteiger partial charge in [0.15, 0.2) is 0 Å². The van der Waals surface area contributed by atoms with Crippen LogP contribution >= 0.6 is 0 Å². The van der Waals surface area contributed by atoms with Crippen molar-refractivity contribution < 1.29 is 0 Å². The maximum atomic E-state index is 3.21. The lowest BCUT2D eigenvalue weighted by Gasteiger charge is -2.55. The van der Waals surface area contributed by atoms with E-state index in [2.05, 4.69) is 76.6 Å². The van der Waals surface area contributed by atoms with Gasteiger partial charge in [0, 0.05) is 17.0 Å². The van der Waals surface area contributed by atoms with E-state index in [0.717, 1.165) is 23.4 Å². The van der Waals surface area contributed by atoms with Crippen molar-refractivity contribution in [3.05, 3.63) is 52.1 Å². The Bertz CT molecular complexity index is 1470. The van der Waals surface area contributed by atoms with E-state index in [0.29, 0.717) is 0 Å². The summed E-state index contributed by atoms with van der Waals surface area (Å²) in [6, 6.07) is 6.39. The predicted octanol–water partition coefficient (Wildman–Crippen LogP) is 19.0. The van der Waals surface area contributed by atoms with Crippen LogP contribution in [0.5, 0.6) is 0 Å². The molecule has 0 aliphatic heterocycles. The molecule has 346 valence electrons. The van der Waals surface area contributed by atoms with Crippen molar-refractivity contribution >= 4 is 13.8 Å². The van der Waals surface area contributed by atoms with Gasteiger partial charge in [-0.2, -0.15) is 0 Å². The van der Waals surface area contributed by atoms with Crippen molar-refractivity contribution in [1.82, 2.24) is 4.57 Å². The molecule has 0 amide bonds. The molecule has 1 aromatic rings. The average molecular weight is 853 g/mol. The molecule has 0 aromatic heterocycles. The zero-order valence-electron chi connectivity index (χ0n) is 42.0. The molecule has 1 aromatic carbocycles. The lowest BCUT2D eigenvalue weighted by atomic mass is 9.68. The summed E-state index contributed by atoms with van der Waals surface area (Å²) in [6.07, 6.45) is 57.4. The third-order valence-electron chi connectivity index (χ3n) is 17.5. The Balaban J connectivity index is 1.20. The third-order valence-corrected chi connectivity index (χ3v) is 22.2. The molecule has 2 fully saturated rings. The minimum absolute atomic E-state index is 0.229. The summed E-state index contributed by atoms with van der Waals surface area (Å²) < 4.78 is 3.21. The van der Waals surface area contributed by atoms with Crippen LogP contribution < -0.4 is 0 Å². The number of aryl methyl sites for hydroxylation is 2. The first kappa shape index (κ1) is 49.3. The Hall–Kier alpha value is -1.12. The Morgan fingerprint density at radius 2 is 1.03 bits per heavy atom. The van der Waals surface area contributed by atoms with Gasteiger partial charge >= 0.3 is 0 Å². The molecular formula is C59H101NSi. The lowest BCUT2D eigenvalue weighted by Crippen LogP contribution is -2.64. The number of rotatable bonds is 29.